The van der Waals surface area contributed by atoms with Crippen LogP contribution in [0.5, 0.6) is 0 Å². The summed E-state index contributed by atoms with van der Waals surface area (Å²) >= 11 is 0. The lowest BCUT2D eigenvalue weighted by Crippen LogP contribution is -2.44. The van der Waals surface area contributed by atoms with E-state index in [1.54, 1.807) is 7.05 Å². The third-order valence-electron chi connectivity index (χ3n) is 5.42. The number of aromatic amines is 1. The van der Waals surface area contributed by atoms with Crippen LogP contribution < -0.4 is 0 Å². The average Bonchev–Trinajstić information content (AvgIpc) is 3.06. The number of hydrogen-bond donors (Lipinski definition) is 1. The normalized spacial score (nSPS) is 16.7. The van der Waals surface area contributed by atoms with Gasteiger partial charge in [-0.05, 0) is 23.8 Å². The molecule has 0 spiro atoms. The highest BCUT2D eigenvalue weighted by Gasteiger charge is 2.32. The van der Waals surface area contributed by atoms with E-state index in [1.807, 2.05) is 4.90 Å². The molecule has 0 bridgehead atoms. The minimum Gasteiger partial charge on any atom is -0.356 e. The average molecular weight is 349 g/mol. The molecule has 1 aromatic heterocycles. The van der Waals surface area contributed by atoms with Crippen molar-refractivity contribution in [3.8, 4) is 0 Å². The molecular weight excluding hydrogens is 326 g/mol. The maximum absolute atomic E-state index is 12.7. The quantitative estimate of drug-likeness (QED) is 0.735. The van der Waals surface area contributed by atoms with Gasteiger partial charge in [-0.25, -0.2) is 0 Å². The highest BCUT2D eigenvalue weighted by Crippen LogP contribution is 2.38. The van der Waals surface area contributed by atoms with Crippen LogP contribution in [0.25, 0.3) is 21.7 Å². The molecule has 2 heterocycles. The van der Waals surface area contributed by atoms with Gasteiger partial charge in [0.2, 0.25) is 12.3 Å². The molecule has 5 heteroatoms. The van der Waals surface area contributed by atoms with E-state index in [9.17, 15) is 9.59 Å². The molecule has 3 aromatic rings. The molecule has 0 saturated carbocycles. The highest BCUT2D eigenvalue weighted by atomic mass is 16.2. The Morgan fingerprint density at radius 1 is 1.27 bits per heavy atom. The molecule has 0 unspecified atom stereocenters. The van der Waals surface area contributed by atoms with Crippen LogP contribution in [-0.4, -0.2) is 47.2 Å². The van der Waals surface area contributed by atoms with Gasteiger partial charge in [0.25, 0.3) is 0 Å². The molecule has 5 nitrogen and oxygen atoms in total. The molecule has 1 aliphatic rings. The number of H-pyrrole nitrogens is 1. The van der Waals surface area contributed by atoms with Crippen molar-refractivity contribution in [2.24, 2.45) is 0 Å². The van der Waals surface area contributed by atoms with Crippen LogP contribution in [0.15, 0.2) is 36.4 Å². The Morgan fingerprint density at radius 3 is 2.85 bits per heavy atom. The van der Waals surface area contributed by atoms with Gasteiger partial charge in [-0.1, -0.05) is 43.3 Å². The Morgan fingerprint density at radius 2 is 2.08 bits per heavy atom. The van der Waals surface area contributed by atoms with E-state index >= 15 is 0 Å². The summed E-state index contributed by atoms with van der Waals surface area (Å²) in [5, 5.41) is 3.69. The fraction of sp³-hybridized carbons (Fsp3) is 0.333. The second-order valence-electron chi connectivity index (χ2n) is 7.01. The Bertz CT molecular complexity index is 991. The summed E-state index contributed by atoms with van der Waals surface area (Å²) in [6, 6.07) is 12.8. The van der Waals surface area contributed by atoms with E-state index in [4.69, 9.17) is 0 Å². The lowest BCUT2D eigenvalue weighted by molar-refractivity contribution is -0.137. The number of likely N-dealkylation sites (N-methyl/N-ethyl adjacent to an activating group) is 1. The van der Waals surface area contributed by atoms with Crippen molar-refractivity contribution >= 4 is 34.0 Å². The summed E-state index contributed by atoms with van der Waals surface area (Å²) in [6.07, 6.45) is 2.37. The van der Waals surface area contributed by atoms with Crippen molar-refractivity contribution in [3.63, 3.8) is 0 Å². The number of aromatic nitrogens is 1. The number of fused-ring (bicyclic) bond motifs is 5. The molecule has 26 heavy (non-hydrogen) atoms. The van der Waals surface area contributed by atoms with Crippen LogP contribution in [0, 0.1) is 0 Å². The van der Waals surface area contributed by atoms with Gasteiger partial charge in [0.1, 0.15) is 0 Å². The lowest BCUT2D eigenvalue weighted by Gasteiger charge is -2.36. The lowest BCUT2D eigenvalue weighted by atomic mass is 9.95. The molecule has 0 saturated heterocycles. The zero-order chi connectivity index (χ0) is 18.3. The molecule has 1 N–H and O–H groups in total. The fourth-order valence-corrected chi connectivity index (χ4v) is 4.18. The maximum Gasteiger partial charge on any atom is 0.242 e. The summed E-state index contributed by atoms with van der Waals surface area (Å²) < 4.78 is 0. The van der Waals surface area contributed by atoms with Gasteiger partial charge in [-0.2, -0.15) is 0 Å². The van der Waals surface area contributed by atoms with E-state index in [-0.39, 0.29) is 18.5 Å². The first-order chi connectivity index (χ1) is 12.6. The van der Waals surface area contributed by atoms with Crippen molar-refractivity contribution in [2.75, 3.05) is 20.1 Å². The number of carbonyl (C=O) groups excluding carboxylic acids is 2. The largest absolute Gasteiger partial charge is 0.356 e. The first-order valence-electron chi connectivity index (χ1n) is 9.11. The Hall–Kier alpha value is -2.82. The van der Waals surface area contributed by atoms with Crippen LogP contribution in [0.2, 0.25) is 0 Å². The van der Waals surface area contributed by atoms with Crippen LogP contribution in [-0.2, 0) is 16.0 Å². The predicted molar refractivity (Wildman–Crippen MR) is 103 cm³/mol. The molecular formula is C21H23N3O2. The van der Waals surface area contributed by atoms with E-state index in [0.29, 0.717) is 13.0 Å². The monoisotopic (exact) mass is 349 g/mol. The number of hydrogen-bond acceptors (Lipinski definition) is 2. The molecule has 0 aliphatic carbocycles. The molecule has 2 aromatic carbocycles. The number of carbonyl (C=O) groups is 2. The summed E-state index contributed by atoms with van der Waals surface area (Å²) in [6.45, 7) is 2.92. The molecule has 0 fully saturated rings. The maximum atomic E-state index is 12.7. The van der Waals surface area contributed by atoms with Crippen LogP contribution in [0.3, 0.4) is 0 Å². The zero-order valence-corrected chi connectivity index (χ0v) is 15.2. The Labute approximate surface area is 152 Å². The van der Waals surface area contributed by atoms with Gasteiger partial charge in [-0.15, -0.1) is 0 Å². The summed E-state index contributed by atoms with van der Waals surface area (Å²) in [5.74, 6) is 0.000569. The van der Waals surface area contributed by atoms with Gasteiger partial charge in [-0.3, -0.25) is 9.59 Å². The van der Waals surface area contributed by atoms with Gasteiger partial charge in [0.05, 0.1) is 18.1 Å². The molecule has 134 valence electrons. The number of benzene rings is 2. The van der Waals surface area contributed by atoms with Gasteiger partial charge in [0, 0.05) is 30.1 Å². The number of amides is 2. The fourth-order valence-electron chi connectivity index (χ4n) is 4.18. The minimum atomic E-state index is 0.000569. The number of nitrogens with zero attached hydrogens (tertiary/aromatic N) is 2. The van der Waals surface area contributed by atoms with Crippen molar-refractivity contribution in [1.29, 1.82) is 0 Å². The molecule has 4 rings (SSSR count). The van der Waals surface area contributed by atoms with Crippen LogP contribution in [0.4, 0.5) is 0 Å². The minimum absolute atomic E-state index is 0.000569. The molecule has 0 radical (unpaired) electrons. The third kappa shape index (κ3) is 2.55. The SMILES string of the molecule is CC[C@H]1c2[nH]c3c(ccc4ccccc43)c2CCN1C(=O)CN(C)C=O. The number of nitrogens with one attached hydrogen (secondary N) is 1. The van der Waals surface area contributed by atoms with E-state index < -0.39 is 0 Å². The smallest absolute Gasteiger partial charge is 0.242 e. The van der Waals surface area contributed by atoms with E-state index in [0.717, 1.165) is 24.1 Å². The van der Waals surface area contributed by atoms with Crippen LogP contribution >= 0.6 is 0 Å². The van der Waals surface area contributed by atoms with E-state index in [1.165, 1.54) is 26.6 Å². The summed E-state index contributed by atoms with van der Waals surface area (Å²) in [4.78, 5) is 30.5. The number of rotatable bonds is 4. The molecule has 1 atom stereocenters. The van der Waals surface area contributed by atoms with Gasteiger partial charge >= 0.3 is 0 Å². The van der Waals surface area contributed by atoms with Crippen molar-refractivity contribution in [2.45, 2.75) is 25.8 Å². The second kappa shape index (κ2) is 6.48. The van der Waals surface area contributed by atoms with Crippen molar-refractivity contribution in [1.82, 2.24) is 14.8 Å². The zero-order valence-electron chi connectivity index (χ0n) is 15.2. The first-order valence-corrected chi connectivity index (χ1v) is 9.11. The van der Waals surface area contributed by atoms with Crippen molar-refractivity contribution < 1.29 is 9.59 Å². The summed E-state index contributed by atoms with van der Waals surface area (Å²) in [5.41, 5.74) is 3.63. The molecule has 1 aliphatic heterocycles. The van der Waals surface area contributed by atoms with E-state index in [2.05, 4.69) is 48.3 Å². The third-order valence-corrected chi connectivity index (χ3v) is 5.42. The van der Waals surface area contributed by atoms with Crippen LogP contribution in [0.1, 0.15) is 30.6 Å². The predicted octanol–water partition coefficient (Wildman–Crippen LogP) is 3.25. The van der Waals surface area contributed by atoms with Crippen molar-refractivity contribution in [3.05, 3.63) is 47.7 Å². The van der Waals surface area contributed by atoms with Gasteiger partial charge in [0.15, 0.2) is 0 Å². The molecule has 2 amide bonds. The highest BCUT2D eigenvalue weighted by molar-refractivity contribution is 6.07. The first kappa shape index (κ1) is 16.6. The Kier molecular flexibility index (Phi) is 4.15. The summed E-state index contributed by atoms with van der Waals surface area (Å²) in [7, 11) is 1.64. The Balaban J connectivity index is 1.79. The standard InChI is InChI=1S/C21H23N3O2/c1-3-18-21-17(10-11-24(18)19(26)12-23(2)13-25)16-9-8-14-6-4-5-7-15(14)20(16)22-21/h4-9,13,18,22H,3,10-12H2,1-2H3/t18-/m0/s1. The topological polar surface area (TPSA) is 56.4 Å². The second-order valence-corrected chi connectivity index (χ2v) is 7.01. The van der Waals surface area contributed by atoms with Gasteiger partial charge < -0.3 is 14.8 Å².